The molecule has 0 aliphatic carbocycles. The number of carbonyl (C=O) groups excluding carboxylic acids is 1. The summed E-state index contributed by atoms with van der Waals surface area (Å²) < 4.78 is 2.17. The van der Waals surface area contributed by atoms with Gasteiger partial charge >= 0.3 is 5.69 Å². The lowest BCUT2D eigenvalue weighted by Gasteiger charge is -2.17. The monoisotopic (exact) mass is 391 g/mol. The smallest absolute Gasteiger partial charge is 0.340 e. The Kier molecular flexibility index (Phi) is 5.39. The topological polar surface area (TPSA) is 73.0 Å². The number of amides is 1. The Balaban J connectivity index is 1.72. The summed E-state index contributed by atoms with van der Waals surface area (Å²) in [6, 6.07) is 14.0. The zero-order valence-electron chi connectivity index (χ0n) is 13.8. The lowest BCUT2D eigenvalue weighted by molar-refractivity contribution is -0.131. The number of nitrogens with zero attached hydrogens (tertiary/aromatic N) is 5. The van der Waals surface area contributed by atoms with E-state index in [1.165, 1.54) is 4.90 Å². The Morgan fingerprint density at radius 2 is 1.73 bits per heavy atom. The van der Waals surface area contributed by atoms with Crippen molar-refractivity contribution in [3.63, 3.8) is 0 Å². The van der Waals surface area contributed by atoms with Crippen LogP contribution in [-0.2, 0) is 17.9 Å². The van der Waals surface area contributed by atoms with Crippen molar-refractivity contribution in [1.82, 2.24) is 24.7 Å². The van der Waals surface area contributed by atoms with Crippen LogP contribution in [0.3, 0.4) is 0 Å². The van der Waals surface area contributed by atoms with E-state index < -0.39 is 5.69 Å². The Bertz CT molecular complexity index is 964. The maximum absolute atomic E-state index is 12.4. The highest BCUT2D eigenvalue weighted by Crippen LogP contribution is 2.20. The number of hydrogen-bond acceptors (Lipinski definition) is 4. The van der Waals surface area contributed by atoms with Gasteiger partial charge in [-0.15, -0.1) is 0 Å². The summed E-state index contributed by atoms with van der Waals surface area (Å²) in [4.78, 5) is 26.2. The van der Waals surface area contributed by atoms with E-state index in [9.17, 15) is 9.59 Å². The Morgan fingerprint density at radius 1 is 1.08 bits per heavy atom. The molecule has 1 heterocycles. The molecule has 9 heteroatoms. The van der Waals surface area contributed by atoms with Gasteiger partial charge in [0, 0.05) is 23.6 Å². The minimum atomic E-state index is -0.483. The van der Waals surface area contributed by atoms with Crippen molar-refractivity contribution in [3.05, 3.63) is 74.6 Å². The van der Waals surface area contributed by atoms with Gasteiger partial charge < -0.3 is 4.90 Å². The highest BCUT2D eigenvalue weighted by Gasteiger charge is 2.15. The second-order valence-corrected chi connectivity index (χ2v) is 6.57. The average molecular weight is 392 g/mol. The van der Waals surface area contributed by atoms with Crippen molar-refractivity contribution in [2.75, 3.05) is 7.05 Å². The van der Waals surface area contributed by atoms with E-state index in [1.807, 2.05) is 6.07 Å². The number of tetrazole rings is 1. The predicted molar refractivity (Wildman–Crippen MR) is 98.6 cm³/mol. The van der Waals surface area contributed by atoms with Crippen LogP contribution in [0.25, 0.3) is 5.69 Å². The lowest BCUT2D eigenvalue weighted by Crippen LogP contribution is -2.34. The van der Waals surface area contributed by atoms with Gasteiger partial charge in [-0.1, -0.05) is 41.4 Å². The maximum Gasteiger partial charge on any atom is 0.368 e. The number of halogens is 2. The van der Waals surface area contributed by atoms with Crippen molar-refractivity contribution in [2.45, 2.75) is 13.1 Å². The maximum atomic E-state index is 12.4. The molecule has 0 aliphatic rings. The Labute approximate surface area is 159 Å². The number of likely N-dealkylation sites (N-methyl/N-ethyl adjacent to an activating group) is 1. The second-order valence-electron chi connectivity index (χ2n) is 5.69. The number of carbonyl (C=O) groups is 1. The number of rotatable bonds is 5. The van der Waals surface area contributed by atoms with Crippen molar-refractivity contribution in [3.8, 4) is 5.69 Å². The molecule has 134 valence electrons. The van der Waals surface area contributed by atoms with Gasteiger partial charge in [-0.25, -0.2) is 4.79 Å². The van der Waals surface area contributed by atoms with Gasteiger partial charge in [0.2, 0.25) is 5.91 Å². The third kappa shape index (κ3) is 4.12. The normalized spacial score (nSPS) is 10.7. The SMILES string of the molecule is CN(Cc1cc(Cl)cc(Cl)c1)C(=O)Cn1nnn(-c2ccccc2)c1=O. The molecule has 3 aromatic rings. The fourth-order valence-corrected chi connectivity index (χ4v) is 2.99. The van der Waals surface area contributed by atoms with E-state index in [2.05, 4.69) is 10.4 Å². The van der Waals surface area contributed by atoms with Crippen molar-refractivity contribution in [1.29, 1.82) is 0 Å². The van der Waals surface area contributed by atoms with E-state index in [0.717, 1.165) is 14.9 Å². The van der Waals surface area contributed by atoms with Crippen LogP contribution in [-0.4, -0.2) is 37.6 Å². The highest BCUT2D eigenvalue weighted by molar-refractivity contribution is 6.34. The van der Waals surface area contributed by atoms with Crippen LogP contribution < -0.4 is 5.69 Å². The fourth-order valence-electron chi connectivity index (χ4n) is 2.42. The minimum Gasteiger partial charge on any atom is -0.340 e. The molecule has 1 amide bonds. The first kappa shape index (κ1) is 18.2. The minimum absolute atomic E-state index is 0.212. The molecule has 0 spiro atoms. The first-order valence-corrected chi connectivity index (χ1v) is 8.47. The van der Waals surface area contributed by atoms with Crippen LogP contribution >= 0.6 is 23.2 Å². The van der Waals surface area contributed by atoms with Crippen molar-refractivity contribution in [2.24, 2.45) is 0 Å². The van der Waals surface area contributed by atoms with E-state index in [-0.39, 0.29) is 12.5 Å². The van der Waals surface area contributed by atoms with Gasteiger partial charge in [-0.05, 0) is 46.3 Å². The van der Waals surface area contributed by atoms with Crippen molar-refractivity contribution >= 4 is 29.1 Å². The van der Waals surface area contributed by atoms with Crippen LogP contribution in [0.5, 0.6) is 0 Å². The van der Waals surface area contributed by atoms with Crippen LogP contribution in [0.4, 0.5) is 0 Å². The van der Waals surface area contributed by atoms with Crippen LogP contribution in [0.2, 0.25) is 10.0 Å². The molecule has 7 nitrogen and oxygen atoms in total. The summed E-state index contributed by atoms with van der Waals surface area (Å²) in [6.07, 6.45) is 0. The summed E-state index contributed by atoms with van der Waals surface area (Å²) in [5.41, 5.74) is 0.889. The van der Waals surface area contributed by atoms with Crippen molar-refractivity contribution < 1.29 is 4.79 Å². The fraction of sp³-hybridized carbons (Fsp3) is 0.176. The molecule has 3 rings (SSSR count). The molecule has 1 aromatic heterocycles. The summed E-state index contributed by atoms with van der Waals surface area (Å²) in [6.45, 7) is 0.0944. The summed E-state index contributed by atoms with van der Waals surface area (Å²) in [7, 11) is 1.63. The number of aromatic nitrogens is 4. The quantitative estimate of drug-likeness (QED) is 0.669. The molecule has 2 aromatic carbocycles. The first-order chi connectivity index (χ1) is 12.4. The number of benzene rings is 2. The Morgan fingerprint density at radius 3 is 2.38 bits per heavy atom. The molecular formula is C17H15Cl2N5O2. The van der Waals surface area contributed by atoms with Crippen LogP contribution in [0, 0.1) is 0 Å². The largest absolute Gasteiger partial charge is 0.368 e. The molecule has 0 saturated carbocycles. The van der Waals surface area contributed by atoms with E-state index in [1.54, 1.807) is 49.5 Å². The highest BCUT2D eigenvalue weighted by atomic mass is 35.5. The number of para-hydroxylation sites is 1. The molecule has 0 bridgehead atoms. The molecule has 0 radical (unpaired) electrons. The molecule has 0 N–H and O–H groups in total. The molecule has 0 unspecified atom stereocenters. The van der Waals surface area contributed by atoms with E-state index >= 15 is 0 Å². The summed E-state index contributed by atoms with van der Waals surface area (Å²) >= 11 is 11.9. The molecule has 0 saturated heterocycles. The van der Waals surface area contributed by atoms with Gasteiger partial charge in [0.1, 0.15) is 6.54 Å². The van der Waals surface area contributed by atoms with Crippen LogP contribution in [0.1, 0.15) is 5.56 Å². The van der Waals surface area contributed by atoms with Crippen LogP contribution in [0.15, 0.2) is 53.3 Å². The van der Waals surface area contributed by atoms with Gasteiger partial charge in [0.05, 0.1) is 5.69 Å². The molecular weight excluding hydrogens is 377 g/mol. The van der Waals surface area contributed by atoms with Gasteiger partial charge in [-0.2, -0.15) is 9.36 Å². The first-order valence-electron chi connectivity index (χ1n) is 7.71. The lowest BCUT2D eigenvalue weighted by atomic mass is 10.2. The average Bonchev–Trinajstić information content (AvgIpc) is 2.95. The van der Waals surface area contributed by atoms with Gasteiger partial charge in [0.25, 0.3) is 0 Å². The van der Waals surface area contributed by atoms with E-state index in [0.29, 0.717) is 22.3 Å². The second kappa shape index (κ2) is 7.72. The Hall–Kier alpha value is -2.64. The zero-order valence-corrected chi connectivity index (χ0v) is 15.4. The number of hydrogen-bond donors (Lipinski definition) is 0. The molecule has 0 aliphatic heterocycles. The molecule has 0 atom stereocenters. The zero-order chi connectivity index (χ0) is 18.7. The summed E-state index contributed by atoms with van der Waals surface area (Å²) in [5.74, 6) is -0.289. The third-order valence-corrected chi connectivity index (χ3v) is 4.13. The predicted octanol–water partition coefficient (Wildman–Crippen LogP) is 2.39. The van der Waals surface area contributed by atoms with Gasteiger partial charge in [0.15, 0.2) is 0 Å². The standard InChI is InChI=1S/C17H15Cl2N5O2/c1-22(10-12-7-13(18)9-14(19)8-12)16(25)11-23-17(26)24(21-20-23)15-5-3-2-4-6-15/h2-9H,10-11H2,1H3. The third-order valence-electron chi connectivity index (χ3n) is 3.69. The molecule has 26 heavy (non-hydrogen) atoms. The molecule has 0 fully saturated rings. The van der Waals surface area contributed by atoms with Gasteiger partial charge in [-0.3, -0.25) is 4.79 Å². The summed E-state index contributed by atoms with van der Waals surface area (Å²) in [5, 5.41) is 8.59. The van der Waals surface area contributed by atoms with E-state index in [4.69, 9.17) is 23.2 Å².